The molecule has 10 nitrogen and oxygen atoms in total. The van der Waals surface area contributed by atoms with Gasteiger partial charge < -0.3 is 21.1 Å². The number of ether oxygens (including phenoxy) is 1. The highest BCUT2D eigenvalue weighted by Gasteiger charge is 2.32. The van der Waals surface area contributed by atoms with Crippen LogP contribution in [-0.2, 0) is 17.8 Å². The second-order valence-corrected chi connectivity index (χ2v) is 11.6. The van der Waals surface area contributed by atoms with Gasteiger partial charge in [-0.1, -0.05) is 32.5 Å². The van der Waals surface area contributed by atoms with Crippen LogP contribution in [-0.4, -0.2) is 62.6 Å². The highest BCUT2D eigenvalue weighted by Crippen LogP contribution is 2.38. The Morgan fingerprint density at radius 3 is 2.78 bits per heavy atom. The van der Waals surface area contributed by atoms with Crippen molar-refractivity contribution in [3.05, 3.63) is 28.7 Å². The van der Waals surface area contributed by atoms with E-state index in [1.807, 2.05) is 13.8 Å². The minimum Gasteiger partial charge on any atom is -0.496 e. The first kappa shape index (κ1) is 26.2. The summed E-state index contributed by atoms with van der Waals surface area (Å²) < 4.78 is 7.36. The number of carbonyl (C=O) groups is 1. The molecule has 4 rings (SSSR count). The van der Waals surface area contributed by atoms with Crippen LogP contribution in [0.5, 0.6) is 5.75 Å². The number of pyridine rings is 1. The number of carbonyl (C=O) groups excluding carboxylic acids is 1. The summed E-state index contributed by atoms with van der Waals surface area (Å²) in [7, 11) is 1.66. The molecular formula is C25H36N8O2S. The molecular weight excluding hydrogens is 476 g/mol. The molecule has 3 aromatic rings. The van der Waals surface area contributed by atoms with Gasteiger partial charge in [-0.05, 0) is 38.8 Å². The fourth-order valence-corrected chi connectivity index (χ4v) is 5.51. The molecule has 0 saturated heterocycles. The van der Waals surface area contributed by atoms with Crippen LogP contribution in [0.1, 0.15) is 49.7 Å². The third-order valence-electron chi connectivity index (χ3n) is 6.11. The summed E-state index contributed by atoms with van der Waals surface area (Å²) in [5, 5.41) is 12.6. The quantitative estimate of drug-likeness (QED) is 0.292. The lowest BCUT2D eigenvalue weighted by molar-refractivity contribution is -0.120. The molecule has 0 saturated carbocycles. The van der Waals surface area contributed by atoms with Gasteiger partial charge in [-0.15, -0.1) is 0 Å². The van der Waals surface area contributed by atoms with Crippen molar-refractivity contribution >= 4 is 34.7 Å². The summed E-state index contributed by atoms with van der Waals surface area (Å²) >= 11 is 1.43. The maximum Gasteiger partial charge on any atom is 0.233 e. The first-order valence-electron chi connectivity index (χ1n) is 12.2. The molecule has 0 radical (unpaired) electrons. The number of nitrogens with one attached hydrogen (secondary N) is 2. The Bertz CT molecular complexity index is 1270. The minimum atomic E-state index is -0.319. The number of nitrogens with zero attached hydrogens (tertiary/aromatic N) is 5. The third kappa shape index (κ3) is 5.73. The zero-order chi connectivity index (χ0) is 26.0. The van der Waals surface area contributed by atoms with Crippen molar-refractivity contribution in [3.8, 4) is 5.75 Å². The second kappa shape index (κ2) is 10.6. The summed E-state index contributed by atoms with van der Waals surface area (Å²) in [6, 6.07) is 0. The van der Waals surface area contributed by atoms with Crippen molar-refractivity contribution in [1.29, 1.82) is 0 Å². The third-order valence-corrected chi connectivity index (χ3v) is 7.29. The zero-order valence-corrected chi connectivity index (χ0v) is 22.8. The fraction of sp³-hybridized carbons (Fsp3) is 0.560. The van der Waals surface area contributed by atoms with E-state index in [9.17, 15) is 4.79 Å². The maximum atomic E-state index is 13.0. The van der Waals surface area contributed by atoms with Crippen LogP contribution in [0, 0.1) is 19.3 Å². The van der Waals surface area contributed by atoms with Crippen LogP contribution in [0.15, 0.2) is 11.2 Å². The predicted molar refractivity (Wildman–Crippen MR) is 142 cm³/mol. The van der Waals surface area contributed by atoms with Crippen molar-refractivity contribution < 1.29 is 9.53 Å². The number of hydrogen-bond donors (Lipinski definition) is 3. The van der Waals surface area contributed by atoms with Gasteiger partial charge in [0.1, 0.15) is 10.8 Å². The number of anilines is 1. The average Bonchev–Trinajstić information content (AvgIpc) is 3.15. The van der Waals surface area contributed by atoms with Crippen LogP contribution in [0.2, 0.25) is 0 Å². The predicted octanol–water partition coefficient (Wildman–Crippen LogP) is 2.64. The molecule has 4 N–H and O–H groups in total. The lowest BCUT2D eigenvalue weighted by Crippen LogP contribution is -2.37. The van der Waals surface area contributed by atoms with Gasteiger partial charge >= 0.3 is 0 Å². The Hall–Kier alpha value is -2.92. The largest absolute Gasteiger partial charge is 0.496 e. The van der Waals surface area contributed by atoms with E-state index in [0.29, 0.717) is 30.2 Å². The van der Waals surface area contributed by atoms with Crippen molar-refractivity contribution in [2.45, 2.75) is 64.3 Å². The van der Waals surface area contributed by atoms with Gasteiger partial charge in [0.15, 0.2) is 5.65 Å². The number of methoxy groups -OCH3 is 1. The molecule has 1 atom stereocenters. The molecule has 11 heteroatoms. The normalized spacial score (nSPS) is 15.3. The summed E-state index contributed by atoms with van der Waals surface area (Å²) in [6.07, 6.45) is 3.18. The molecule has 1 amide bonds. The summed E-state index contributed by atoms with van der Waals surface area (Å²) in [5.41, 5.74) is 10.5. The van der Waals surface area contributed by atoms with E-state index >= 15 is 0 Å². The standard InChI is InChI=1S/C25H36N8O2S/c1-14-11-29-17(15(2)20(14)35-6)12-33-21-19-16(32-33)10-18(36-23(19)31-24(26)30-21)22(34)28-9-7-8-27-13-25(3,4)5/h11,18,27H,7-10,12-13H2,1-6H3,(H,28,34)(H2,26,30,31). The molecule has 0 aromatic carbocycles. The summed E-state index contributed by atoms with van der Waals surface area (Å²) in [6.45, 7) is 13.4. The lowest BCUT2D eigenvalue weighted by Gasteiger charge is -2.20. The minimum absolute atomic E-state index is 0.0119. The molecule has 0 aliphatic carbocycles. The molecule has 1 aliphatic rings. The van der Waals surface area contributed by atoms with E-state index in [2.05, 4.69) is 46.4 Å². The molecule has 194 valence electrons. The zero-order valence-electron chi connectivity index (χ0n) is 21.9. The monoisotopic (exact) mass is 512 g/mol. The Morgan fingerprint density at radius 2 is 2.06 bits per heavy atom. The van der Waals surface area contributed by atoms with Crippen LogP contribution in [0.4, 0.5) is 5.95 Å². The van der Waals surface area contributed by atoms with Crippen molar-refractivity contribution in [3.63, 3.8) is 0 Å². The topological polar surface area (TPSA) is 133 Å². The van der Waals surface area contributed by atoms with E-state index in [1.54, 1.807) is 18.0 Å². The van der Waals surface area contributed by atoms with E-state index in [-0.39, 0.29) is 22.5 Å². The first-order chi connectivity index (χ1) is 17.1. The lowest BCUT2D eigenvalue weighted by atomic mass is 9.97. The van der Waals surface area contributed by atoms with E-state index in [4.69, 9.17) is 15.6 Å². The van der Waals surface area contributed by atoms with Crippen LogP contribution in [0.3, 0.4) is 0 Å². The Labute approximate surface area is 216 Å². The van der Waals surface area contributed by atoms with Crippen LogP contribution < -0.4 is 21.1 Å². The summed E-state index contributed by atoms with van der Waals surface area (Å²) in [5.74, 6) is 0.966. The maximum absolute atomic E-state index is 13.0. The van der Waals surface area contributed by atoms with Gasteiger partial charge in [0.05, 0.1) is 35.7 Å². The smallest absolute Gasteiger partial charge is 0.233 e. The van der Waals surface area contributed by atoms with Crippen molar-refractivity contribution in [1.82, 2.24) is 35.4 Å². The molecule has 1 unspecified atom stereocenters. The number of thioether (sulfide) groups is 1. The van der Waals surface area contributed by atoms with Gasteiger partial charge in [-0.25, -0.2) is 9.67 Å². The highest BCUT2D eigenvalue weighted by atomic mass is 32.2. The van der Waals surface area contributed by atoms with Gasteiger partial charge in [-0.2, -0.15) is 10.1 Å². The number of rotatable bonds is 9. The number of nitrogen functional groups attached to an aromatic ring is 1. The van der Waals surface area contributed by atoms with Crippen molar-refractivity contribution in [2.24, 2.45) is 5.41 Å². The van der Waals surface area contributed by atoms with Gasteiger partial charge in [0.2, 0.25) is 11.9 Å². The fourth-order valence-electron chi connectivity index (χ4n) is 4.34. The first-order valence-corrected chi connectivity index (χ1v) is 13.1. The van der Waals surface area contributed by atoms with Gasteiger partial charge in [-0.3, -0.25) is 9.78 Å². The van der Waals surface area contributed by atoms with Crippen molar-refractivity contribution in [2.75, 3.05) is 32.5 Å². The number of hydrogen-bond acceptors (Lipinski definition) is 9. The van der Waals surface area contributed by atoms with Gasteiger partial charge in [0, 0.05) is 30.3 Å². The van der Waals surface area contributed by atoms with E-state index in [0.717, 1.165) is 53.2 Å². The molecule has 4 heterocycles. The molecule has 0 spiro atoms. The Kier molecular flexibility index (Phi) is 7.70. The molecule has 36 heavy (non-hydrogen) atoms. The number of aryl methyl sites for hydroxylation is 1. The summed E-state index contributed by atoms with van der Waals surface area (Å²) in [4.78, 5) is 26.5. The number of nitrogens with two attached hydrogens (primary N) is 1. The number of amides is 1. The Balaban J connectivity index is 1.48. The second-order valence-electron chi connectivity index (χ2n) is 10.4. The highest BCUT2D eigenvalue weighted by molar-refractivity contribution is 8.00. The number of aromatic nitrogens is 5. The van der Waals surface area contributed by atoms with Gasteiger partial charge in [0.25, 0.3) is 0 Å². The Morgan fingerprint density at radius 1 is 1.28 bits per heavy atom. The van der Waals surface area contributed by atoms with E-state index in [1.165, 1.54) is 11.8 Å². The molecule has 1 aliphatic heterocycles. The van der Waals surface area contributed by atoms with Crippen LogP contribution in [0.25, 0.3) is 11.0 Å². The van der Waals surface area contributed by atoms with Crippen LogP contribution >= 0.6 is 11.8 Å². The molecule has 3 aromatic heterocycles. The van der Waals surface area contributed by atoms with E-state index < -0.39 is 0 Å². The SMILES string of the molecule is COc1c(C)cnc(Cn2nc3c4c(nc(N)nc42)SC(C(=O)NCCCNCC(C)(C)C)C3)c1C. The average molecular weight is 513 g/mol. The molecule has 0 fully saturated rings. The molecule has 0 bridgehead atoms.